The van der Waals surface area contributed by atoms with E-state index in [1.807, 2.05) is 0 Å². The standard InChI is InChI=1S/C13H20N4O/c14-11-3-5-12(6-4-11)16-13(18)15-7-10-17-8-1-2-9-17/h3-6H,1-2,7-10,14H2,(H2,15,16,18). The number of hydrogen-bond acceptors (Lipinski definition) is 3. The van der Waals surface area contributed by atoms with Gasteiger partial charge in [-0.25, -0.2) is 4.79 Å². The summed E-state index contributed by atoms with van der Waals surface area (Å²) in [5, 5.41) is 5.62. The summed E-state index contributed by atoms with van der Waals surface area (Å²) in [6.45, 7) is 3.92. The highest BCUT2D eigenvalue weighted by molar-refractivity contribution is 5.89. The molecular formula is C13H20N4O. The first-order chi connectivity index (χ1) is 8.74. The van der Waals surface area contributed by atoms with E-state index in [2.05, 4.69) is 15.5 Å². The number of likely N-dealkylation sites (tertiary alicyclic amines) is 1. The summed E-state index contributed by atoms with van der Waals surface area (Å²) in [7, 11) is 0. The average molecular weight is 248 g/mol. The first-order valence-corrected chi connectivity index (χ1v) is 6.37. The quantitative estimate of drug-likeness (QED) is 0.707. The third-order valence-electron chi connectivity index (χ3n) is 3.08. The highest BCUT2D eigenvalue weighted by Crippen LogP contribution is 2.10. The van der Waals surface area contributed by atoms with E-state index in [-0.39, 0.29) is 6.03 Å². The van der Waals surface area contributed by atoms with E-state index in [0.717, 1.165) is 25.3 Å². The lowest BCUT2D eigenvalue weighted by atomic mass is 10.3. The largest absolute Gasteiger partial charge is 0.399 e. The number of urea groups is 1. The Morgan fingerprint density at radius 1 is 1.22 bits per heavy atom. The molecule has 0 atom stereocenters. The molecule has 1 aromatic carbocycles. The van der Waals surface area contributed by atoms with Gasteiger partial charge in [0, 0.05) is 24.5 Å². The summed E-state index contributed by atoms with van der Waals surface area (Å²) in [6, 6.07) is 6.93. The van der Waals surface area contributed by atoms with Crippen molar-refractivity contribution in [1.82, 2.24) is 10.2 Å². The van der Waals surface area contributed by atoms with Crippen LogP contribution in [0.3, 0.4) is 0 Å². The SMILES string of the molecule is Nc1ccc(NC(=O)NCCN2CCCC2)cc1. The molecule has 5 nitrogen and oxygen atoms in total. The van der Waals surface area contributed by atoms with Crippen LogP contribution in [0.25, 0.3) is 0 Å². The number of nitrogen functional groups attached to an aromatic ring is 1. The van der Waals surface area contributed by atoms with Crippen molar-refractivity contribution in [3.8, 4) is 0 Å². The Labute approximate surface area is 107 Å². The summed E-state index contributed by atoms with van der Waals surface area (Å²) in [4.78, 5) is 14.0. The van der Waals surface area contributed by atoms with E-state index in [4.69, 9.17) is 5.73 Å². The number of nitrogens with two attached hydrogens (primary N) is 1. The number of hydrogen-bond donors (Lipinski definition) is 3. The second-order valence-corrected chi connectivity index (χ2v) is 4.55. The predicted molar refractivity (Wildman–Crippen MR) is 73.5 cm³/mol. The van der Waals surface area contributed by atoms with Gasteiger partial charge in [-0.1, -0.05) is 0 Å². The summed E-state index contributed by atoms with van der Waals surface area (Å²) in [6.07, 6.45) is 2.55. The predicted octanol–water partition coefficient (Wildman–Crippen LogP) is 1.49. The molecule has 0 saturated carbocycles. The minimum atomic E-state index is -0.168. The number of carbonyl (C=O) groups is 1. The van der Waals surface area contributed by atoms with Gasteiger partial charge in [0.05, 0.1) is 0 Å². The normalized spacial score (nSPS) is 15.6. The lowest BCUT2D eigenvalue weighted by molar-refractivity contribution is 0.249. The molecule has 2 rings (SSSR count). The molecule has 5 heteroatoms. The molecule has 1 heterocycles. The molecular weight excluding hydrogens is 228 g/mol. The number of benzene rings is 1. The summed E-state index contributed by atoms with van der Waals surface area (Å²) in [5.74, 6) is 0. The lowest BCUT2D eigenvalue weighted by Gasteiger charge is -2.15. The van der Waals surface area contributed by atoms with Crippen molar-refractivity contribution in [1.29, 1.82) is 0 Å². The van der Waals surface area contributed by atoms with Crippen molar-refractivity contribution < 1.29 is 4.79 Å². The number of amides is 2. The van der Waals surface area contributed by atoms with Crippen LogP contribution in [0.4, 0.5) is 16.2 Å². The minimum absolute atomic E-state index is 0.168. The second kappa shape index (κ2) is 6.26. The number of rotatable bonds is 4. The fourth-order valence-electron chi connectivity index (χ4n) is 2.08. The maximum Gasteiger partial charge on any atom is 0.319 e. The highest BCUT2D eigenvalue weighted by atomic mass is 16.2. The first kappa shape index (κ1) is 12.7. The van der Waals surface area contributed by atoms with Crippen LogP contribution in [0.15, 0.2) is 24.3 Å². The van der Waals surface area contributed by atoms with E-state index in [9.17, 15) is 4.79 Å². The molecule has 0 radical (unpaired) electrons. The van der Waals surface area contributed by atoms with Gasteiger partial charge in [-0.3, -0.25) is 0 Å². The molecule has 0 spiro atoms. The molecule has 4 N–H and O–H groups in total. The number of carbonyl (C=O) groups excluding carboxylic acids is 1. The zero-order valence-corrected chi connectivity index (χ0v) is 10.5. The molecule has 1 aromatic rings. The van der Waals surface area contributed by atoms with Gasteiger partial charge >= 0.3 is 6.03 Å². The minimum Gasteiger partial charge on any atom is -0.399 e. The number of nitrogens with one attached hydrogen (secondary N) is 2. The molecule has 18 heavy (non-hydrogen) atoms. The lowest BCUT2D eigenvalue weighted by Crippen LogP contribution is -2.35. The van der Waals surface area contributed by atoms with Crippen molar-refractivity contribution in [3.63, 3.8) is 0 Å². The van der Waals surface area contributed by atoms with Gasteiger partial charge in [0.1, 0.15) is 0 Å². The van der Waals surface area contributed by atoms with Crippen LogP contribution in [0.1, 0.15) is 12.8 Å². The first-order valence-electron chi connectivity index (χ1n) is 6.37. The van der Waals surface area contributed by atoms with Gasteiger partial charge < -0.3 is 21.3 Å². The van der Waals surface area contributed by atoms with Gasteiger partial charge in [-0.2, -0.15) is 0 Å². The zero-order chi connectivity index (χ0) is 12.8. The Kier molecular flexibility index (Phi) is 4.41. The van der Waals surface area contributed by atoms with Crippen LogP contribution in [0.2, 0.25) is 0 Å². The molecule has 98 valence electrons. The molecule has 1 saturated heterocycles. The Morgan fingerprint density at radius 2 is 1.89 bits per heavy atom. The second-order valence-electron chi connectivity index (χ2n) is 4.55. The van der Waals surface area contributed by atoms with Crippen LogP contribution in [0.5, 0.6) is 0 Å². The fourth-order valence-corrected chi connectivity index (χ4v) is 2.08. The number of nitrogens with zero attached hydrogens (tertiary/aromatic N) is 1. The van der Waals surface area contributed by atoms with Crippen molar-refractivity contribution in [2.45, 2.75) is 12.8 Å². The maximum absolute atomic E-state index is 11.6. The van der Waals surface area contributed by atoms with E-state index in [1.165, 1.54) is 12.8 Å². The molecule has 1 fully saturated rings. The van der Waals surface area contributed by atoms with E-state index < -0.39 is 0 Å². The monoisotopic (exact) mass is 248 g/mol. The van der Waals surface area contributed by atoms with Crippen molar-refractivity contribution >= 4 is 17.4 Å². The van der Waals surface area contributed by atoms with Crippen LogP contribution >= 0.6 is 0 Å². The van der Waals surface area contributed by atoms with Gasteiger partial charge in [-0.15, -0.1) is 0 Å². The van der Waals surface area contributed by atoms with Crippen LogP contribution in [-0.4, -0.2) is 37.1 Å². The summed E-state index contributed by atoms with van der Waals surface area (Å²) < 4.78 is 0. The smallest absolute Gasteiger partial charge is 0.319 e. The Bertz CT molecular complexity index is 384. The van der Waals surface area contributed by atoms with E-state index in [1.54, 1.807) is 24.3 Å². The van der Waals surface area contributed by atoms with Gasteiger partial charge in [-0.05, 0) is 50.2 Å². The third kappa shape index (κ3) is 3.92. The Balaban J connectivity index is 1.66. The highest BCUT2D eigenvalue weighted by Gasteiger charge is 2.10. The van der Waals surface area contributed by atoms with Crippen LogP contribution in [0, 0.1) is 0 Å². The van der Waals surface area contributed by atoms with Crippen molar-refractivity contribution in [2.75, 3.05) is 37.2 Å². The van der Waals surface area contributed by atoms with Crippen LogP contribution < -0.4 is 16.4 Å². The molecule has 0 bridgehead atoms. The zero-order valence-electron chi connectivity index (χ0n) is 10.5. The van der Waals surface area contributed by atoms with E-state index in [0.29, 0.717) is 12.2 Å². The average Bonchev–Trinajstić information content (AvgIpc) is 2.85. The molecule has 2 amide bonds. The maximum atomic E-state index is 11.6. The molecule has 1 aliphatic heterocycles. The third-order valence-corrected chi connectivity index (χ3v) is 3.08. The summed E-state index contributed by atoms with van der Waals surface area (Å²) in [5.41, 5.74) is 7.02. The Morgan fingerprint density at radius 3 is 2.56 bits per heavy atom. The molecule has 0 unspecified atom stereocenters. The molecule has 1 aliphatic rings. The van der Waals surface area contributed by atoms with E-state index >= 15 is 0 Å². The van der Waals surface area contributed by atoms with Crippen molar-refractivity contribution in [3.05, 3.63) is 24.3 Å². The van der Waals surface area contributed by atoms with Gasteiger partial charge in [0.25, 0.3) is 0 Å². The Hall–Kier alpha value is -1.75. The van der Waals surface area contributed by atoms with Crippen LogP contribution in [-0.2, 0) is 0 Å². The van der Waals surface area contributed by atoms with Gasteiger partial charge in [0.2, 0.25) is 0 Å². The molecule has 0 aromatic heterocycles. The fraction of sp³-hybridized carbons (Fsp3) is 0.462. The van der Waals surface area contributed by atoms with Gasteiger partial charge in [0.15, 0.2) is 0 Å². The topological polar surface area (TPSA) is 70.4 Å². The van der Waals surface area contributed by atoms with Crippen molar-refractivity contribution in [2.24, 2.45) is 0 Å². The molecule has 0 aliphatic carbocycles. The number of anilines is 2. The summed E-state index contributed by atoms with van der Waals surface area (Å²) >= 11 is 0.